The van der Waals surface area contributed by atoms with E-state index in [-0.39, 0.29) is 0 Å². The number of aliphatic hydroxyl groups is 1. The molecule has 1 fully saturated rings. The number of primary amides is 1. The molecule has 104 valence electrons. The van der Waals surface area contributed by atoms with E-state index in [4.69, 9.17) is 10.5 Å². The molecular weight excluding hydrogens is 244 g/mol. The highest BCUT2D eigenvalue weighted by atomic mass is 16.5. The Morgan fingerprint density at radius 2 is 2.32 bits per heavy atom. The summed E-state index contributed by atoms with van der Waals surface area (Å²) < 4.78 is 5.32. The van der Waals surface area contributed by atoms with Crippen molar-refractivity contribution in [3.05, 3.63) is 29.8 Å². The van der Waals surface area contributed by atoms with Gasteiger partial charge in [0.15, 0.2) is 0 Å². The normalized spacial score (nSPS) is 21.2. The van der Waals surface area contributed by atoms with Crippen molar-refractivity contribution in [1.29, 1.82) is 0 Å². The molecule has 2 rings (SSSR count). The Hall–Kier alpha value is -1.59. The average molecular weight is 264 g/mol. The van der Waals surface area contributed by atoms with Crippen LogP contribution in [0.1, 0.15) is 25.0 Å². The summed E-state index contributed by atoms with van der Waals surface area (Å²) in [4.78, 5) is 13.5. The van der Waals surface area contributed by atoms with Crippen molar-refractivity contribution >= 4 is 11.6 Å². The minimum absolute atomic E-state index is 0.298. The van der Waals surface area contributed by atoms with Crippen LogP contribution in [0.2, 0.25) is 0 Å². The Bertz CT molecular complexity index is 450. The van der Waals surface area contributed by atoms with Crippen molar-refractivity contribution in [1.82, 2.24) is 0 Å². The van der Waals surface area contributed by atoms with Gasteiger partial charge in [-0.1, -0.05) is 25.1 Å². The predicted octanol–water partition coefficient (Wildman–Crippen LogP) is 0.820. The Morgan fingerprint density at radius 3 is 3.00 bits per heavy atom. The van der Waals surface area contributed by atoms with E-state index in [1.165, 1.54) is 0 Å². The van der Waals surface area contributed by atoms with Crippen molar-refractivity contribution in [2.24, 2.45) is 5.73 Å². The largest absolute Gasteiger partial charge is 0.388 e. The number of hydrogen-bond donors (Lipinski definition) is 2. The van der Waals surface area contributed by atoms with E-state index in [2.05, 4.69) is 0 Å². The minimum atomic E-state index is -0.535. The number of ether oxygens (including phenoxy) is 1. The second kappa shape index (κ2) is 6.04. The van der Waals surface area contributed by atoms with Crippen molar-refractivity contribution in [2.45, 2.75) is 25.5 Å². The molecule has 0 aliphatic carbocycles. The van der Waals surface area contributed by atoms with Gasteiger partial charge in [-0.25, -0.2) is 0 Å². The first-order chi connectivity index (χ1) is 9.15. The molecule has 5 nitrogen and oxygen atoms in total. The van der Waals surface area contributed by atoms with Crippen LogP contribution in [-0.4, -0.2) is 36.8 Å². The van der Waals surface area contributed by atoms with Crippen molar-refractivity contribution < 1.29 is 14.6 Å². The zero-order valence-electron chi connectivity index (χ0n) is 11.1. The number of benzene rings is 1. The molecular formula is C14H20N2O3. The standard InChI is InChI=1S/C14H20N2O3/c1-2-13(17)10-5-3-4-6-11(10)16-7-8-19-9-12(16)14(15)18/h3-6,12-13,17H,2,7-9H2,1H3,(H2,15,18)/t12?,13-/m0/s1. The highest BCUT2D eigenvalue weighted by Crippen LogP contribution is 2.30. The molecule has 19 heavy (non-hydrogen) atoms. The number of para-hydroxylation sites is 1. The molecule has 1 aromatic carbocycles. The van der Waals surface area contributed by atoms with Crippen molar-refractivity contribution in [2.75, 3.05) is 24.7 Å². The van der Waals surface area contributed by atoms with E-state index in [0.29, 0.717) is 26.2 Å². The zero-order chi connectivity index (χ0) is 13.8. The Balaban J connectivity index is 2.36. The van der Waals surface area contributed by atoms with Gasteiger partial charge in [0.25, 0.3) is 0 Å². The molecule has 0 spiro atoms. The van der Waals surface area contributed by atoms with Crippen LogP contribution < -0.4 is 10.6 Å². The number of carbonyl (C=O) groups excluding carboxylic acids is 1. The summed E-state index contributed by atoms with van der Waals surface area (Å²) in [6.07, 6.45) is 0.0929. The van der Waals surface area contributed by atoms with Crippen LogP contribution in [0, 0.1) is 0 Å². The topological polar surface area (TPSA) is 75.8 Å². The fraction of sp³-hybridized carbons (Fsp3) is 0.500. The number of anilines is 1. The predicted molar refractivity (Wildman–Crippen MR) is 72.8 cm³/mol. The van der Waals surface area contributed by atoms with Crippen LogP contribution >= 0.6 is 0 Å². The average Bonchev–Trinajstić information content (AvgIpc) is 2.46. The van der Waals surface area contributed by atoms with Gasteiger partial charge in [-0.15, -0.1) is 0 Å². The number of carbonyl (C=O) groups is 1. The van der Waals surface area contributed by atoms with Gasteiger partial charge in [0.2, 0.25) is 5.91 Å². The second-order valence-corrected chi connectivity index (χ2v) is 4.67. The smallest absolute Gasteiger partial charge is 0.242 e. The van der Waals surface area contributed by atoms with Gasteiger partial charge in [-0.3, -0.25) is 4.79 Å². The molecule has 0 aromatic heterocycles. The van der Waals surface area contributed by atoms with E-state index in [9.17, 15) is 9.90 Å². The first-order valence-electron chi connectivity index (χ1n) is 6.55. The lowest BCUT2D eigenvalue weighted by Crippen LogP contribution is -2.53. The summed E-state index contributed by atoms with van der Waals surface area (Å²) in [5.74, 6) is -0.402. The van der Waals surface area contributed by atoms with E-state index >= 15 is 0 Å². The van der Waals surface area contributed by atoms with E-state index < -0.39 is 18.1 Å². The molecule has 1 aliphatic heterocycles. The highest BCUT2D eigenvalue weighted by Gasteiger charge is 2.29. The molecule has 1 unspecified atom stereocenters. The van der Waals surface area contributed by atoms with Gasteiger partial charge >= 0.3 is 0 Å². The number of hydrogen-bond acceptors (Lipinski definition) is 4. The quantitative estimate of drug-likeness (QED) is 0.844. The number of nitrogens with zero attached hydrogens (tertiary/aromatic N) is 1. The van der Waals surface area contributed by atoms with Crippen LogP contribution in [0.3, 0.4) is 0 Å². The van der Waals surface area contributed by atoms with Gasteiger partial charge in [0.1, 0.15) is 6.04 Å². The van der Waals surface area contributed by atoms with Crippen LogP contribution in [0.25, 0.3) is 0 Å². The zero-order valence-corrected chi connectivity index (χ0v) is 11.1. The van der Waals surface area contributed by atoms with Crippen molar-refractivity contribution in [3.8, 4) is 0 Å². The van der Waals surface area contributed by atoms with Crippen LogP contribution in [-0.2, 0) is 9.53 Å². The number of aliphatic hydroxyl groups excluding tert-OH is 1. The molecule has 1 aliphatic rings. The first kappa shape index (κ1) is 13.8. The molecule has 1 amide bonds. The highest BCUT2D eigenvalue weighted by molar-refractivity contribution is 5.84. The molecule has 0 saturated carbocycles. The molecule has 0 radical (unpaired) electrons. The third-order valence-electron chi connectivity index (χ3n) is 3.45. The van der Waals surface area contributed by atoms with Gasteiger partial charge in [-0.05, 0) is 12.5 Å². The third-order valence-corrected chi connectivity index (χ3v) is 3.45. The maximum absolute atomic E-state index is 11.5. The molecule has 3 N–H and O–H groups in total. The van der Waals surface area contributed by atoms with E-state index in [1.54, 1.807) is 0 Å². The number of nitrogens with two attached hydrogens (primary N) is 1. The summed E-state index contributed by atoms with van der Waals surface area (Å²) in [7, 11) is 0. The SMILES string of the molecule is CC[C@H](O)c1ccccc1N1CCOCC1C(N)=O. The lowest BCUT2D eigenvalue weighted by atomic mass is 10.0. The van der Waals surface area contributed by atoms with Crippen LogP contribution in [0.5, 0.6) is 0 Å². The Labute approximate surface area is 113 Å². The van der Waals surface area contributed by atoms with Crippen LogP contribution in [0.15, 0.2) is 24.3 Å². The van der Waals surface area contributed by atoms with Gasteiger partial charge in [-0.2, -0.15) is 0 Å². The lowest BCUT2D eigenvalue weighted by Gasteiger charge is -2.37. The molecule has 0 bridgehead atoms. The van der Waals surface area contributed by atoms with E-state index in [1.807, 2.05) is 36.1 Å². The van der Waals surface area contributed by atoms with Gasteiger partial charge in [0.05, 0.1) is 19.3 Å². The van der Waals surface area contributed by atoms with Gasteiger partial charge in [0, 0.05) is 17.8 Å². The number of amides is 1. The first-order valence-corrected chi connectivity index (χ1v) is 6.55. The fourth-order valence-corrected chi connectivity index (χ4v) is 2.38. The monoisotopic (exact) mass is 264 g/mol. The summed E-state index contributed by atoms with van der Waals surface area (Å²) in [5.41, 5.74) is 7.13. The van der Waals surface area contributed by atoms with Crippen LogP contribution in [0.4, 0.5) is 5.69 Å². The number of morpholine rings is 1. The lowest BCUT2D eigenvalue weighted by molar-refractivity contribution is -0.121. The maximum Gasteiger partial charge on any atom is 0.242 e. The third kappa shape index (κ3) is 2.88. The second-order valence-electron chi connectivity index (χ2n) is 4.67. The molecule has 1 heterocycles. The van der Waals surface area contributed by atoms with Gasteiger partial charge < -0.3 is 20.5 Å². The minimum Gasteiger partial charge on any atom is -0.388 e. The summed E-state index contributed by atoms with van der Waals surface area (Å²) >= 11 is 0. The Morgan fingerprint density at radius 1 is 1.58 bits per heavy atom. The number of rotatable bonds is 4. The Kier molecular flexibility index (Phi) is 4.39. The molecule has 5 heteroatoms. The van der Waals surface area contributed by atoms with Crippen molar-refractivity contribution in [3.63, 3.8) is 0 Å². The maximum atomic E-state index is 11.5. The molecule has 1 aromatic rings. The summed E-state index contributed by atoms with van der Waals surface area (Å²) in [6.45, 7) is 3.37. The summed E-state index contributed by atoms with van der Waals surface area (Å²) in [6, 6.07) is 7.11. The summed E-state index contributed by atoms with van der Waals surface area (Å²) in [5, 5.41) is 10.1. The molecule has 1 saturated heterocycles. The molecule has 2 atom stereocenters. The fourth-order valence-electron chi connectivity index (χ4n) is 2.38. The van der Waals surface area contributed by atoms with E-state index in [0.717, 1.165) is 11.3 Å².